The molecule has 0 saturated heterocycles. The molecule has 2 aromatic rings. The summed E-state index contributed by atoms with van der Waals surface area (Å²) >= 11 is 0. The third-order valence-electron chi connectivity index (χ3n) is 4.43. The number of hydrazine groups is 1. The molecule has 21 heavy (non-hydrogen) atoms. The van der Waals surface area contributed by atoms with Crippen LogP contribution < -0.4 is 11.3 Å². The molecule has 0 aliphatic rings. The van der Waals surface area contributed by atoms with Crippen molar-refractivity contribution < 1.29 is 4.39 Å². The normalized spacial score (nSPS) is 13.2. The molecule has 0 aromatic heterocycles. The van der Waals surface area contributed by atoms with Crippen LogP contribution in [0.2, 0.25) is 0 Å². The second-order valence-electron chi connectivity index (χ2n) is 6.12. The first kappa shape index (κ1) is 15.7. The molecule has 0 amide bonds. The Kier molecular flexibility index (Phi) is 4.45. The topological polar surface area (TPSA) is 38.0 Å². The van der Waals surface area contributed by atoms with E-state index < -0.39 is 0 Å². The molecule has 1 unspecified atom stereocenters. The van der Waals surface area contributed by atoms with E-state index in [0.717, 1.165) is 5.56 Å². The number of rotatable bonds is 4. The van der Waals surface area contributed by atoms with E-state index in [4.69, 9.17) is 5.84 Å². The van der Waals surface area contributed by atoms with Gasteiger partial charge in [0.1, 0.15) is 5.82 Å². The van der Waals surface area contributed by atoms with Crippen molar-refractivity contribution >= 4 is 0 Å². The van der Waals surface area contributed by atoms with Crippen LogP contribution in [0.25, 0.3) is 0 Å². The molecule has 0 saturated carbocycles. The van der Waals surface area contributed by atoms with Crippen LogP contribution in [0, 0.1) is 19.7 Å². The molecule has 0 spiro atoms. The highest BCUT2D eigenvalue weighted by Crippen LogP contribution is 2.38. The minimum absolute atomic E-state index is 0.0529. The summed E-state index contributed by atoms with van der Waals surface area (Å²) in [6.07, 6.45) is 0. The molecule has 0 aliphatic carbocycles. The Labute approximate surface area is 126 Å². The maximum Gasteiger partial charge on any atom is 0.123 e. The van der Waals surface area contributed by atoms with Crippen molar-refractivity contribution in [1.82, 2.24) is 5.43 Å². The van der Waals surface area contributed by atoms with Gasteiger partial charge in [0.05, 0.1) is 6.04 Å². The number of halogens is 1. The van der Waals surface area contributed by atoms with Crippen molar-refractivity contribution in [3.05, 3.63) is 70.5 Å². The van der Waals surface area contributed by atoms with Gasteiger partial charge in [0.2, 0.25) is 0 Å². The van der Waals surface area contributed by atoms with E-state index >= 15 is 0 Å². The van der Waals surface area contributed by atoms with Crippen LogP contribution in [-0.4, -0.2) is 0 Å². The van der Waals surface area contributed by atoms with Gasteiger partial charge in [-0.05, 0) is 48.2 Å². The van der Waals surface area contributed by atoms with Crippen molar-refractivity contribution in [2.45, 2.75) is 39.2 Å². The van der Waals surface area contributed by atoms with Crippen molar-refractivity contribution in [1.29, 1.82) is 0 Å². The Morgan fingerprint density at radius 2 is 1.67 bits per heavy atom. The Bertz CT molecular complexity index is 618. The number of nitrogens with one attached hydrogen (secondary N) is 1. The van der Waals surface area contributed by atoms with Crippen LogP contribution in [0.15, 0.2) is 42.5 Å². The zero-order valence-corrected chi connectivity index (χ0v) is 13.1. The summed E-state index contributed by atoms with van der Waals surface area (Å²) in [5, 5.41) is 0. The lowest BCUT2D eigenvalue weighted by Gasteiger charge is -2.36. The summed E-state index contributed by atoms with van der Waals surface area (Å²) < 4.78 is 13.2. The van der Waals surface area contributed by atoms with Crippen molar-refractivity contribution in [2.75, 3.05) is 0 Å². The van der Waals surface area contributed by atoms with Gasteiger partial charge in [-0.3, -0.25) is 11.3 Å². The summed E-state index contributed by atoms with van der Waals surface area (Å²) in [7, 11) is 0. The van der Waals surface area contributed by atoms with Gasteiger partial charge in [0.25, 0.3) is 0 Å². The maximum absolute atomic E-state index is 13.2. The fraction of sp³-hybridized carbons (Fsp3) is 0.333. The predicted molar refractivity (Wildman–Crippen MR) is 85.4 cm³/mol. The van der Waals surface area contributed by atoms with Crippen LogP contribution in [0.1, 0.15) is 42.1 Å². The molecule has 0 aliphatic heterocycles. The van der Waals surface area contributed by atoms with E-state index in [0.29, 0.717) is 0 Å². The van der Waals surface area contributed by atoms with E-state index in [-0.39, 0.29) is 17.3 Å². The fourth-order valence-corrected chi connectivity index (χ4v) is 2.82. The largest absolute Gasteiger partial charge is 0.271 e. The predicted octanol–water partition coefficient (Wildman–Crippen LogP) is 3.92. The summed E-state index contributed by atoms with van der Waals surface area (Å²) in [6, 6.07) is 12.8. The van der Waals surface area contributed by atoms with E-state index in [2.05, 4.69) is 45.3 Å². The van der Waals surface area contributed by atoms with E-state index in [1.54, 1.807) is 0 Å². The Balaban J connectivity index is 2.48. The first-order chi connectivity index (χ1) is 9.87. The molecule has 0 bridgehead atoms. The van der Waals surface area contributed by atoms with Gasteiger partial charge in [-0.25, -0.2) is 4.39 Å². The minimum atomic E-state index is -0.263. The molecule has 2 nitrogen and oxygen atoms in total. The highest BCUT2D eigenvalue weighted by Gasteiger charge is 2.32. The third-order valence-corrected chi connectivity index (χ3v) is 4.43. The van der Waals surface area contributed by atoms with Crippen LogP contribution in [0.3, 0.4) is 0 Å². The SMILES string of the molecule is Cc1cccc(C(NN)C(C)(C)c2ccc(F)cc2)c1C. The summed E-state index contributed by atoms with van der Waals surface area (Å²) in [5.74, 6) is 5.63. The summed E-state index contributed by atoms with van der Waals surface area (Å²) in [5.41, 5.74) is 7.38. The van der Waals surface area contributed by atoms with E-state index in [1.807, 2.05) is 18.2 Å². The van der Waals surface area contributed by atoms with Gasteiger partial charge in [-0.2, -0.15) is 0 Å². The average Bonchev–Trinajstić information content (AvgIpc) is 2.44. The van der Waals surface area contributed by atoms with Crippen LogP contribution in [0.4, 0.5) is 4.39 Å². The van der Waals surface area contributed by atoms with Gasteiger partial charge < -0.3 is 0 Å². The molecule has 1 atom stereocenters. The lowest BCUT2D eigenvalue weighted by molar-refractivity contribution is 0.351. The van der Waals surface area contributed by atoms with E-state index in [1.165, 1.54) is 28.8 Å². The molecule has 0 heterocycles. The molecule has 0 fully saturated rings. The quantitative estimate of drug-likeness (QED) is 0.660. The molecular weight excluding hydrogens is 263 g/mol. The first-order valence-electron chi connectivity index (χ1n) is 7.16. The Hall–Kier alpha value is -1.71. The fourth-order valence-electron chi connectivity index (χ4n) is 2.82. The molecule has 2 aromatic carbocycles. The average molecular weight is 286 g/mol. The highest BCUT2D eigenvalue weighted by molar-refractivity contribution is 5.39. The molecule has 3 heteroatoms. The number of hydrogen-bond acceptors (Lipinski definition) is 2. The van der Waals surface area contributed by atoms with Crippen LogP contribution in [-0.2, 0) is 5.41 Å². The molecule has 0 radical (unpaired) electrons. The third kappa shape index (κ3) is 2.99. The number of benzene rings is 2. The van der Waals surface area contributed by atoms with Crippen molar-refractivity contribution in [3.8, 4) is 0 Å². The smallest absolute Gasteiger partial charge is 0.123 e. The molecule has 3 N–H and O–H groups in total. The van der Waals surface area contributed by atoms with Gasteiger partial charge in [-0.15, -0.1) is 0 Å². The van der Waals surface area contributed by atoms with Crippen molar-refractivity contribution in [2.24, 2.45) is 5.84 Å². The number of aryl methyl sites for hydroxylation is 1. The van der Waals surface area contributed by atoms with Crippen LogP contribution in [0.5, 0.6) is 0 Å². The lowest BCUT2D eigenvalue weighted by Crippen LogP contribution is -2.41. The molecule has 112 valence electrons. The van der Waals surface area contributed by atoms with Gasteiger partial charge >= 0.3 is 0 Å². The second kappa shape index (κ2) is 5.96. The number of hydrogen-bond donors (Lipinski definition) is 2. The zero-order valence-electron chi connectivity index (χ0n) is 13.1. The summed E-state index contributed by atoms with van der Waals surface area (Å²) in [4.78, 5) is 0. The van der Waals surface area contributed by atoms with E-state index in [9.17, 15) is 4.39 Å². The maximum atomic E-state index is 13.2. The molecule has 2 rings (SSSR count). The second-order valence-corrected chi connectivity index (χ2v) is 6.12. The number of nitrogens with two attached hydrogens (primary N) is 1. The highest BCUT2D eigenvalue weighted by atomic mass is 19.1. The first-order valence-corrected chi connectivity index (χ1v) is 7.16. The van der Waals surface area contributed by atoms with Gasteiger partial charge in [0, 0.05) is 5.41 Å². The Morgan fingerprint density at radius 1 is 1.05 bits per heavy atom. The summed E-state index contributed by atoms with van der Waals surface area (Å²) in [6.45, 7) is 8.44. The Morgan fingerprint density at radius 3 is 2.24 bits per heavy atom. The van der Waals surface area contributed by atoms with Crippen LogP contribution >= 0.6 is 0 Å². The lowest BCUT2D eigenvalue weighted by atomic mass is 9.74. The van der Waals surface area contributed by atoms with Crippen molar-refractivity contribution in [3.63, 3.8) is 0 Å². The van der Waals surface area contributed by atoms with Gasteiger partial charge in [-0.1, -0.05) is 44.2 Å². The van der Waals surface area contributed by atoms with Gasteiger partial charge in [0.15, 0.2) is 0 Å². The minimum Gasteiger partial charge on any atom is -0.271 e. The monoisotopic (exact) mass is 286 g/mol. The molecular formula is C18H23FN2. The standard InChI is InChI=1S/C18H23FN2/c1-12-6-5-7-16(13(12)2)17(21-20)18(3,4)14-8-10-15(19)11-9-14/h5-11,17,21H,20H2,1-4H3. The zero-order chi connectivity index (χ0) is 15.6.